The van der Waals surface area contributed by atoms with E-state index in [4.69, 9.17) is 4.74 Å². The number of thioether (sulfide) groups is 1. The Morgan fingerprint density at radius 2 is 1.89 bits per heavy atom. The van der Waals surface area contributed by atoms with Gasteiger partial charge in [0.05, 0.1) is 11.3 Å². The Labute approximate surface area is 165 Å². The zero-order valence-electron chi connectivity index (χ0n) is 16.2. The normalized spacial score (nSPS) is 19.2. The summed E-state index contributed by atoms with van der Waals surface area (Å²) in [4.78, 5) is 38.5. The first-order valence-electron chi connectivity index (χ1n) is 9.27. The number of nitrogens with one attached hydrogen (secondary N) is 1. The van der Waals surface area contributed by atoms with Gasteiger partial charge in [-0.1, -0.05) is 31.9 Å². The van der Waals surface area contributed by atoms with Crippen LogP contribution in [0, 0.1) is 5.92 Å². The van der Waals surface area contributed by atoms with Gasteiger partial charge in [0.2, 0.25) is 5.91 Å². The molecule has 0 radical (unpaired) electrons. The quantitative estimate of drug-likeness (QED) is 0.570. The molecule has 2 rings (SSSR count). The highest BCUT2D eigenvalue weighted by Crippen LogP contribution is 2.24. The lowest BCUT2D eigenvalue weighted by Gasteiger charge is -2.29. The van der Waals surface area contributed by atoms with E-state index in [9.17, 15) is 14.4 Å². The standard InChI is InChI=1S/C20H28N2O4S/c1-14-8-4-6-10-16(14)21-18(23)12-26-20(25)15-9-5-7-11-17(15)27-13-19(24)22(2)3/h5,7,9,11,14,16H,4,6,8,10,12-13H2,1-3H3,(H,21,23). The van der Waals surface area contributed by atoms with Gasteiger partial charge in [-0.2, -0.15) is 0 Å². The SMILES string of the molecule is CC1CCCCC1NC(=O)COC(=O)c1ccccc1SCC(=O)N(C)C. The first-order chi connectivity index (χ1) is 12.9. The van der Waals surface area contributed by atoms with Crippen LogP contribution >= 0.6 is 11.8 Å². The number of ether oxygens (including phenoxy) is 1. The molecule has 1 saturated carbocycles. The van der Waals surface area contributed by atoms with Gasteiger partial charge in [0.1, 0.15) is 0 Å². The van der Waals surface area contributed by atoms with Crippen LogP contribution in [0.5, 0.6) is 0 Å². The van der Waals surface area contributed by atoms with Gasteiger partial charge in [-0.05, 0) is 30.9 Å². The Hall–Kier alpha value is -2.02. The van der Waals surface area contributed by atoms with Crippen molar-refractivity contribution in [1.82, 2.24) is 10.2 Å². The lowest BCUT2D eigenvalue weighted by Crippen LogP contribution is -2.42. The van der Waals surface area contributed by atoms with E-state index in [1.165, 1.54) is 23.1 Å². The van der Waals surface area contributed by atoms with Crippen LogP contribution in [0.1, 0.15) is 43.0 Å². The Morgan fingerprint density at radius 1 is 1.19 bits per heavy atom. The first kappa shape index (κ1) is 21.3. The van der Waals surface area contributed by atoms with Crippen molar-refractivity contribution in [1.29, 1.82) is 0 Å². The van der Waals surface area contributed by atoms with Crippen LogP contribution in [0.15, 0.2) is 29.2 Å². The summed E-state index contributed by atoms with van der Waals surface area (Å²) in [6, 6.07) is 7.11. The van der Waals surface area contributed by atoms with Gasteiger partial charge in [-0.3, -0.25) is 9.59 Å². The molecule has 1 aromatic rings. The van der Waals surface area contributed by atoms with Gasteiger partial charge >= 0.3 is 5.97 Å². The number of nitrogens with zero attached hydrogens (tertiary/aromatic N) is 1. The molecular weight excluding hydrogens is 364 g/mol. The molecule has 2 unspecified atom stereocenters. The molecule has 27 heavy (non-hydrogen) atoms. The van der Waals surface area contributed by atoms with Gasteiger partial charge in [0.15, 0.2) is 6.61 Å². The van der Waals surface area contributed by atoms with E-state index in [2.05, 4.69) is 12.2 Å². The average Bonchev–Trinajstić information content (AvgIpc) is 2.66. The maximum Gasteiger partial charge on any atom is 0.339 e. The molecular formula is C20H28N2O4S. The number of rotatable bonds is 7. The number of carbonyl (C=O) groups is 3. The molecule has 0 aromatic heterocycles. The van der Waals surface area contributed by atoms with E-state index >= 15 is 0 Å². The van der Waals surface area contributed by atoms with Crippen molar-refractivity contribution in [3.8, 4) is 0 Å². The number of hydrogen-bond acceptors (Lipinski definition) is 5. The molecule has 6 nitrogen and oxygen atoms in total. The molecule has 0 bridgehead atoms. The Bertz CT molecular complexity index is 678. The fraction of sp³-hybridized carbons (Fsp3) is 0.550. The molecule has 2 atom stereocenters. The number of hydrogen-bond donors (Lipinski definition) is 1. The summed E-state index contributed by atoms with van der Waals surface area (Å²) in [5, 5.41) is 2.97. The minimum Gasteiger partial charge on any atom is -0.452 e. The van der Waals surface area contributed by atoms with Gasteiger partial charge in [-0.15, -0.1) is 11.8 Å². The topological polar surface area (TPSA) is 75.7 Å². The van der Waals surface area contributed by atoms with Gasteiger partial charge < -0.3 is 15.0 Å². The zero-order valence-corrected chi connectivity index (χ0v) is 17.0. The molecule has 0 spiro atoms. The number of benzene rings is 1. The van der Waals surface area contributed by atoms with E-state index in [0.29, 0.717) is 16.4 Å². The second-order valence-corrected chi connectivity index (χ2v) is 8.10. The highest BCUT2D eigenvalue weighted by atomic mass is 32.2. The minimum absolute atomic E-state index is 0.0378. The molecule has 2 amide bonds. The summed E-state index contributed by atoms with van der Waals surface area (Å²) in [5.41, 5.74) is 0.368. The first-order valence-corrected chi connectivity index (χ1v) is 10.3. The number of esters is 1. The maximum atomic E-state index is 12.4. The van der Waals surface area contributed by atoms with Crippen molar-refractivity contribution in [2.75, 3.05) is 26.5 Å². The monoisotopic (exact) mass is 392 g/mol. The van der Waals surface area contributed by atoms with E-state index in [1.54, 1.807) is 38.4 Å². The highest BCUT2D eigenvalue weighted by molar-refractivity contribution is 8.00. The number of amides is 2. The third-order valence-corrected chi connectivity index (χ3v) is 5.81. The van der Waals surface area contributed by atoms with Crippen LogP contribution in [0.25, 0.3) is 0 Å². The Morgan fingerprint density at radius 3 is 2.59 bits per heavy atom. The number of carbonyl (C=O) groups excluding carboxylic acids is 3. The summed E-state index contributed by atoms with van der Waals surface area (Å²) < 4.78 is 5.20. The van der Waals surface area contributed by atoms with Gasteiger partial charge in [-0.25, -0.2) is 4.79 Å². The molecule has 0 heterocycles. The summed E-state index contributed by atoms with van der Waals surface area (Å²) >= 11 is 1.28. The molecule has 1 aromatic carbocycles. The predicted octanol–water partition coefficient (Wildman–Crippen LogP) is 2.72. The molecule has 148 valence electrons. The van der Waals surface area contributed by atoms with E-state index in [0.717, 1.165) is 19.3 Å². The lowest BCUT2D eigenvalue weighted by molar-refractivity contribution is -0.126. The third kappa shape index (κ3) is 6.57. The molecule has 1 N–H and O–H groups in total. The van der Waals surface area contributed by atoms with Crippen LogP contribution in [0.4, 0.5) is 0 Å². The lowest BCUT2D eigenvalue weighted by atomic mass is 9.86. The largest absolute Gasteiger partial charge is 0.452 e. The van der Waals surface area contributed by atoms with Crippen LogP contribution < -0.4 is 5.32 Å². The zero-order chi connectivity index (χ0) is 19.8. The molecule has 0 saturated heterocycles. The van der Waals surface area contributed by atoms with E-state index in [1.807, 2.05) is 0 Å². The maximum absolute atomic E-state index is 12.4. The second-order valence-electron chi connectivity index (χ2n) is 7.08. The smallest absolute Gasteiger partial charge is 0.339 e. The summed E-state index contributed by atoms with van der Waals surface area (Å²) in [6.45, 7) is 1.84. The summed E-state index contributed by atoms with van der Waals surface area (Å²) in [7, 11) is 3.38. The fourth-order valence-corrected chi connectivity index (χ4v) is 4.04. The fourth-order valence-electron chi connectivity index (χ4n) is 3.02. The molecule has 1 fully saturated rings. The second kappa shape index (κ2) is 10.3. The third-order valence-electron chi connectivity index (χ3n) is 4.75. The Balaban J connectivity index is 1.88. The van der Waals surface area contributed by atoms with Crippen LogP contribution in [-0.2, 0) is 14.3 Å². The van der Waals surface area contributed by atoms with Gasteiger partial charge in [0, 0.05) is 25.0 Å². The van der Waals surface area contributed by atoms with Crippen molar-refractivity contribution in [2.45, 2.75) is 43.5 Å². The minimum atomic E-state index is -0.553. The van der Waals surface area contributed by atoms with Crippen molar-refractivity contribution >= 4 is 29.5 Å². The van der Waals surface area contributed by atoms with E-state index < -0.39 is 5.97 Å². The van der Waals surface area contributed by atoms with Crippen LogP contribution in [0.2, 0.25) is 0 Å². The molecule has 0 aliphatic heterocycles. The summed E-state index contributed by atoms with van der Waals surface area (Å²) in [5.74, 6) is -0.177. The average molecular weight is 393 g/mol. The van der Waals surface area contributed by atoms with Crippen molar-refractivity contribution in [2.24, 2.45) is 5.92 Å². The molecule has 7 heteroatoms. The Kier molecular flexibility index (Phi) is 8.16. The van der Waals surface area contributed by atoms with Crippen LogP contribution in [0.3, 0.4) is 0 Å². The summed E-state index contributed by atoms with van der Waals surface area (Å²) in [6.07, 6.45) is 4.40. The van der Waals surface area contributed by atoms with Crippen LogP contribution in [-0.4, -0.2) is 55.2 Å². The molecule has 1 aliphatic rings. The van der Waals surface area contributed by atoms with Crippen molar-refractivity contribution < 1.29 is 19.1 Å². The van der Waals surface area contributed by atoms with E-state index in [-0.39, 0.29) is 30.2 Å². The van der Waals surface area contributed by atoms with Crippen molar-refractivity contribution in [3.05, 3.63) is 29.8 Å². The predicted molar refractivity (Wildman–Crippen MR) is 106 cm³/mol. The van der Waals surface area contributed by atoms with Crippen molar-refractivity contribution in [3.63, 3.8) is 0 Å². The van der Waals surface area contributed by atoms with Gasteiger partial charge in [0.25, 0.3) is 5.91 Å². The highest BCUT2D eigenvalue weighted by Gasteiger charge is 2.23. The molecule has 1 aliphatic carbocycles.